The number of aryl methyl sites for hydroxylation is 1. The van der Waals surface area contributed by atoms with E-state index in [2.05, 4.69) is 82.7 Å². The molecule has 0 saturated heterocycles. The van der Waals surface area contributed by atoms with Gasteiger partial charge in [0.2, 0.25) is 0 Å². The fraction of sp³-hybridized carbons (Fsp3) is 0.167. The number of benzene rings is 1. The van der Waals surface area contributed by atoms with Crippen LogP contribution >= 0.6 is 0 Å². The molecule has 0 aliphatic carbocycles. The zero-order valence-electron chi connectivity index (χ0n) is 17.1. The monoisotopic (exact) mass is 393 g/mol. The summed E-state index contributed by atoms with van der Waals surface area (Å²) in [4.78, 5) is 2.10. The van der Waals surface area contributed by atoms with Crippen molar-refractivity contribution in [3.8, 4) is 22.3 Å². The third-order valence-electron chi connectivity index (χ3n) is 5.86. The van der Waals surface area contributed by atoms with Gasteiger partial charge in [0, 0.05) is 0 Å². The summed E-state index contributed by atoms with van der Waals surface area (Å²) in [6.45, 7) is 5.54. The van der Waals surface area contributed by atoms with Crippen molar-refractivity contribution < 1.29 is 0 Å². The standard InChI is InChI=1S/C24H24BN5/c1-17(26)29-12-9-20(10-13-29)22-4-3-11-30-24(22)23(15-27-30)19-7-5-18(6-8-19)21-14-25-28(2)16-21/h3-9,11,14-16H,1,10,12-13,26H2,2H3. The Morgan fingerprint density at radius 1 is 1.10 bits per heavy atom. The van der Waals surface area contributed by atoms with Gasteiger partial charge < -0.3 is 10.6 Å². The molecule has 0 atom stereocenters. The number of hydrogen-bond donors (Lipinski definition) is 1. The van der Waals surface area contributed by atoms with Crippen molar-refractivity contribution in [2.45, 2.75) is 6.42 Å². The number of aromatic nitrogens is 3. The van der Waals surface area contributed by atoms with Gasteiger partial charge in [-0.15, -0.1) is 0 Å². The van der Waals surface area contributed by atoms with Gasteiger partial charge in [0.1, 0.15) is 0 Å². The Kier molecular flexibility index (Phi) is 4.54. The van der Waals surface area contributed by atoms with Crippen LogP contribution in [0.15, 0.2) is 79.4 Å². The molecule has 1 aliphatic heterocycles. The van der Waals surface area contributed by atoms with Crippen molar-refractivity contribution in [3.63, 3.8) is 0 Å². The first-order chi connectivity index (χ1) is 14.6. The van der Waals surface area contributed by atoms with Gasteiger partial charge >= 0.3 is 154 Å². The summed E-state index contributed by atoms with van der Waals surface area (Å²) in [6, 6.07) is 13.0. The minimum atomic E-state index is 0.632. The van der Waals surface area contributed by atoms with Crippen LogP contribution in [0.4, 0.5) is 0 Å². The van der Waals surface area contributed by atoms with Crippen molar-refractivity contribution in [2.24, 2.45) is 12.8 Å². The Balaban J connectivity index is 1.54. The second kappa shape index (κ2) is 7.37. The molecule has 1 aromatic carbocycles. The average molecular weight is 393 g/mol. The predicted molar refractivity (Wildman–Crippen MR) is 124 cm³/mol. The molecule has 0 fully saturated rings. The van der Waals surface area contributed by atoms with Crippen LogP contribution in [0.25, 0.3) is 33.3 Å². The summed E-state index contributed by atoms with van der Waals surface area (Å²) < 4.78 is 4.05. The van der Waals surface area contributed by atoms with Crippen molar-refractivity contribution in [2.75, 3.05) is 13.1 Å². The van der Waals surface area contributed by atoms with Crippen molar-refractivity contribution in [1.29, 1.82) is 0 Å². The van der Waals surface area contributed by atoms with Gasteiger partial charge in [-0.3, -0.25) is 0 Å². The van der Waals surface area contributed by atoms with E-state index in [1.807, 2.05) is 24.0 Å². The maximum absolute atomic E-state index is 5.87. The predicted octanol–water partition coefficient (Wildman–Crippen LogP) is 3.86. The first kappa shape index (κ1) is 18.5. The molecule has 0 spiro atoms. The van der Waals surface area contributed by atoms with Crippen molar-refractivity contribution in [1.82, 2.24) is 19.0 Å². The van der Waals surface area contributed by atoms with Crippen LogP contribution in [0.3, 0.4) is 0 Å². The summed E-state index contributed by atoms with van der Waals surface area (Å²) in [7, 11) is 4.11. The number of nitrogens with zero attached hydrogens (tertiary/aromatic N) is 4. The van der Waals surface area contributed by atoms with E-state index in [9.17, 15) is 0 Å². The molecular weight excluding hydrogens is 369 g/mol. The third-order valence-corrected chi connectivity index (χ3v) is 5.86. The summed E-state index contributed by atoms with van der Waals surface area (Å²) in [5.74, 6) is 2.77. The molecular formula is C24H24BN5. The molecule has 5 rings (SSSR count). The fourth-order valence-electron chi connectivity index (χ4n) is 4.20. The average Bonchev–Trinajstić information content (AvgIpc) is 3.40. The van der Waals surface area contributed by atoms with E-state index in [0.29, 0.717) is 5.82 Å². The zero-order chi connectivity index (χ0) is 20.7. The molecule has 0 amide bonds. The molecule has 0 bridgehead atoms. The maximum atomic E-state index is 5.87. The van der Waals surface area contributed by atoms with Crippen LogP contribution in [0.1, 0.15) is 12.0 Å². The molecule has 148 valence electrons. The fourth-order valence-corrected chi connectivity index (χ4v) is 4.20. The first-order valence-electron chi connectivity index (χ1n) is 10.2. The number of rotatable bonds is 4. The van der Waals surface area contributed by atoms with Gasteiger partial charge in [-0.1, -0.05) is 6.58 Å². The topological polar surface area (TPSA) is 51.5 Å². The van der Waals surface area contributed by atoms with Gasteiger partial charge in [-0.25, -0.2) is 0 Å². The van der Waals surface area contributed by atoms with Gasteiger partial charge in [0.15, 0.2) is 0 Å². The summed E-state index contributed by atoms with van der Waals surface area (Å²) in [6.07, 6.45) is 9.31. The Labute approximate surface area is 177 Å². The number of fused-ring (bicyclic) bond motifs is 1. The van der Waals surface area contributed by atoms with E-state index >= 15 is 0 Å². The van der Waals surface area contributed by atoms with E-state index in [1.165, 1.54) is 27.8 Å². The van der Waals surface area contributed by atoms with E-state index < -0.39 is 0 Å². The normalized spacial score (nSPS) is 14.0. The van der Waals surface area contributed by atoms with Gasteiger partial charge in [0.05, 0.1) is 5.82 Å². The van der Waals surface area contributed by atoms with Gasteiger partial charge in [-0.2, -0.15) is 0 Å². The Morgan fingerprint density at radius 2 is 1.90 bits per heavy atom. The second-order valence-corrected chi connectivity index (χ2v) is 7.83. The quantitative estimate of drug-likeness (QED) is 0.573. The molecule has 0 saturated carbocycles. The minimum absolute atomic E-state index is 0.632. The van der Waals surface area contributed by atoms with Crippen molar-refractivity contribution >= 4 is 18.1 Å². The van der Waals surface area contributed by atoms with Gasteiger partial charge in [-0.05, 0) is 0 Å². The van der Waals surface area contributed by atoms with E-state index in [-0.39, 0.29) is 0 Å². The second-order valence-electron chi connectivity index (χ2n) is 7.83. The summed E-state index contributed by atoms with van der Waals surface area (Å²) >= 11 is 0. The molecule has 2 N–H and O–H groups in total. The molecule has 3 aromatic heterocycles. The third kappa shape index (κ3) is 3.24. The Bertz CT molecular complexity index is 1260. The Hall–Kier alpha value is -3.54. The molecule has 4 aromatic rings. The van der Waals surface area contributed by atoms with Crippen LogP contribution in [-0.4, -0.2) is 39.1 Å². The van der Waals surface area contributed by atoms with E-state index in [1.54, 1.807) is 0 Å². The molecule has 4 heterocycles. The van der Waals surface area contributed by atoms with Crippen LogP contribution < -0.4 is 5.73 Å². The number of nitrogens with two attached hydrogens (primary N) is 1. The van der Waals surface area contributed by atoms with Crippen LogP contribution in [0, 0.1) is 0 Å². The van der Waals surface area contributed by atoms with Crippen LogP contribution in [0.2, 0.25) is 0 Å². The first-order valence-corrected chi connectivity index (χ1v) is 10.2. The Morgan fingerprint density at radius 3 is 2.57 bits per heavy atom. The van der Waals surface area contributed by atoms with Gasteiger partial charge in [0.25, 0.3) is 0 Å². The molecule has 1 aliphatic rings. The van der Waals surface area contributed by atoms with Crippen molar-refractivity contribution in [3.05, 3.63) is 85.0 Å². The van der Waals surface area contributed by atoms with Crippen LogP contribution in [-0.2, 0) is 7.05 Å². The molecule has 30 heavy (non-hydrogen) atoms. The zero-order valence-corrected chi connectivity index (χ0v) is 17.1. The number of hydrogen-bond acceptors (Lipinski definition) is 3. The molecule has 0 radical (unpaired) electrons. The number of pyridine rings is 1. The molecule has 6 heteroatoms. The molecule has 0 unspecified atom stereocenters. The van der Waals surface area contributed by atoms with E-state index in [0.717, 1.165) is 30.6 Å². The molecule has 5 nitrogen and oxygen atoms in total. The van der Waals surface area contributed by atoms with E-state index in [4.69, 9.17) is 5.73 Å². The summed E-state index contributed by atoms with van der Waals surface area (Å²) in [5.41, 5.74) is 14.3. The van der Waals surface area contributed by atoms with Crippen LogP contribution in [0.5, 0.6) is 0 Å². The SMILES string of the molecule is C=C(N)N1CC=C(c2cccn3ncc(-c4ccc(-c5cbn(C)c5)cc4)c23)CC1. The summed E-state index contributed by atoms with van der Waals surface area (Å²) in [5, 5.41) is 4.62.